The quantitative estimate of drug-likeness (QED) is 0.0197. The SMILES string of the molecule is CC/C=C\C/C=C\C/C=C\C/C=C\CCC(=O)OCC(COP(=O)(O)OCC(CO)OC(=O)CCCCCCC/C=C\CCCC)OC(=O)CCCCCCCCCCCCCCC. The molecule has 0 heterocycles. The molecular formula is C52H91O11P. The fraction of sp³-hybridized carbons (Fsp3) is 0.750. The highest BCUT2D eigenvalue weighted by atomic mass is 31.2. The van der Waals surface area contributed by atoms with Crippen LogP contribution in [0, 0.1) is 0 Å². The molecule has 0 bridgehead atoms. The molecule has 0 saturated heterocycles. The summed E-state index contributed by atoms with van der Waals surface area (Å²) in [7, 11) is -4.75. The van der Waals surface area contributed by atoms with Crippen molar-refractivity contribution in [1.82, 2.24) is 0 Å². The predicted molar refractivity (Wildman–Crippen MR) is 261 cm³/mol. The number of hydrogen-bond donors (Lipinski definition) is 2. The lowest BCUT2D eigenvalue weighted by Gasteiger charge is -2.21. The molecule has 0 amide bonds. The minimum atomic E-state index is -4.75. The summed E-state index contributed by atoms with van der Waals surface area (Å²) in [6.07, 6.45) is 47.8. The molecule has 0 radical (unpaired) electrons. The first kappa shape index (κ1) is 61.2. The zero-order valence-electron chi connectivity index (χ0n) is 40.5. The van der Waals surface area contributed by atoms with Gasteiger partial charge in [0.25, 0.3) is 0 Å². The summed E-state index contributed by atoms with van der Waals surface area (Å²) in [5.41, 5.74) is 0. The average molecular weight is 923 g/mol. The van der Waals surface area contributed by atoms with Gasteiger partial charge in [-0.25, -0.2) is 4.57 Å². The van der Waals surface area contributed by atoms with E-state index in [1.54, 1.807) is 0 Å². The second-order valence-electron chi connectivity index (χ2n) is 16.6. The number of hydrogen-bond acceptors (Lipinski definition) is 10. The van der Waals surface area contributed by atoms with E-state index in [-0.39, 0.29) is 25.9 Å². The first-order valence-electron chi connectivity index (χ1n) is 25.2. The van der Waals surface area contributed by atoms with Gasteiger partial charge >= 0.3 is 25.7 Å². The molecule has 0 fully saturated rings. The first-order valence-corrected chi connectivity index (χ1v) is 26.7. The zero-order valence-corrected chi connectivity index (χ0v) is 41.4. The molecule has 0 aromatic carbocycles. The van der Waals surface area contributed by atoms with Crippen molar-refractivity contribution >= 4 is 25.7 Å². The maximum Gasteiger partial charge on any atom is 0.472 e. The van der Waals surface area contributed by atoms with Gasteiger partial charge < -0.3 is 24.2 Å². The number of esters is 3. The monoisotopic (exact) mass is 923 g/mol. The van der Waals surface area contributed by atoms with Crippen molar-refractivity contribution in [2.75, 3.05) is 26.4 Å². The number of phosphoric acid groups is 1. The molecule has 0 aliphatic carbocycles. The van der Waals surface area contributed by atoms with Crippen LogP contribution >= 0.6 is 7.82 Å². The van der Waals surface area contributed by atoms with Crippen LogP contribution < -0.4 is 0 Å². The second-order valence-corrected chi connectivity index (χ2v) is 18.1. The highest BCUT2D eigenvalue weighted by molar-refractivity contribution is 7.47. The van der Waals surface area contributed by atoms with Gasteiger partial charge in [-0.1, -0.05) is 191 Å². The Morgan fingerprint density at radius 1 is 0.453 bits per heavy atom. The number of aliphatic hydroxyl groups is 1. The molecule has 0 rings (SSSR count). The molecule has 3 atom stereocenters. The first-order chi connectivity index (χ1) is 31.2. The molecule has 12 heteroatoms. The number of carbonyl (C=O) groups is 3. The number of phosphoric ester groups is 1. The van der Waals surface area contributed by atoms with E-state index in [2.05, 4.69) is 69.4 Å². The maximum atomic E-state index is 12.8. The van der Waals surface area contributed by atoms with Gasteiger partial charge in [0.15, 0.2) is 6.10 Å². The number of aliphatic hydroxyl groups excluding tert-OH is 1. The van der Waals surface area contributed by atoms with E-state index < -0.39 is 57.8 Å². The van der Waals surface area contributed by atoms with Gasteiger partial charge in [-0.05, 0) is 64.2 Å². The van der Waals surface area contributed by atoms with Crippen LogP contribution in [0.1, 0.15) is 213 Å². The Balaban J connectivity index is 4.83. The Labute approximate surface area is 389 Å². The molecule has 3 unspecified atom stereocenters. The fourth-order valence-electron chi connectivity index (χ4n) is 6.59. The summed E-state index contributed by atoms with van der Waals surface area (Å²) in [6.45, 7) is 4.38. The van der Waals surface area contributed by atoms with Crippen molar-refractivity contribution in [3.63, 3.8) is 0 Å². The largest absolute Gasteiger partial charge is 0.472 e. The third-order valence-corrected chi connectivity index (χ3v) is 11.4. The van der Waals surface area contributed by atoms with Gasteiger partial charge in [0.05, 0.1) is 19.8 Å². The Hall–Kier alpha value is -2.82. The van der Waals surface area contributed by atoms with Crippen LogP contribution in [-0.4, -0.2) is 66.5 Å². The van der Waals surface area contributed by atoms with Crippen LogP contribution in [0.25, 0.3) is 0 Å². The summed E-state index contributed by atoms with van der Waals surface area (Å²) in [5.74, 6) is -1.57. The molecule has 64 heavy (non-hydrogen) atoms. The molecule has 11 nitrogen and oxygen atoms in total. The van der Waals surface area contributed by atoms with Crippen LogP contribution in [0.15, 0.2) is 60.8 Å². The van der Waals surface area contributed by atoms with Crippen molar-refractivity contribution in [2.45, 2.75) is 226 Å². The highest BCUT2D eigenvalue weighted by Crippen LogP contribution is 2.43. The lowest BCUT2D eigenvalue weighted by molar-refractivity contribution is -0.161. The highest BCUT2D eigenvalue weighted by Gasteiger charge is 2.28. The number of rotatable bonds is 46. The molecule has 370 valence electrons. The lowest BCUT2D eigenvalue weighted by Crippen LogP contribution is -2.30. The Bertz CT molecular complexity index is 1310. The molecule has 0 aliphatic heterocycles. The van der Waals surface area contributed by atoms with Crippen LogP contribution in [0.3, 0.4) is 0 Å². The van der Waals surface area contributed by atoms with E-state index in [9.17, 15) is 28.9 Å². The molecule has 2 N–H and O–H groups in total. The van der Waals surface area contributed by atoms with Crippen LogP contribution in [0.2, 0.25) is 0 Å². The normalized spacial score (nSPS) is 14.0. The van der Waals surface area contributed by atoms with Gasteiger partial charge in [-0.2, -0.15) is 0 Å². The van der Waals surface area contributed by atoms with Crippen molar-refractivity contribution in [3.8, 4) is 0 Å². The van der Waals surface area contributed by atoms with Crippen LogP contribution in [0.4, 0.5) is 0 Å². The van der Waals surface area contributed by atoms with Crippen LogP contribution in [-0.2, 0) is 42.2 Å². The number of carbonyl (C=O) groups excluding carboxylic acids is 3. The summed E-state index contributed by atoms with van der Waals surface area (Å²) >= 11 is 0. The van der Waals surface area contributed by atoms with E-state index in [1.807, 2.05) is 12.2 Å². The minimum absolute atomic E-state index is 0.106. The van der Waals surface area contributed by atoms with Crippen molar-refractivity contribution in [3.05, 3.63) is 60.8 Å². The van der Waals surface area contributed by atoms with E-state index in [0.29, 0.717) is 19.3 Å². The van der Waals surface area contributed by atoms with Gasteiger partial charge in [0.1, 0.15) is 12.7 Å². The maximum absolute atomic E-state index is 12.8. The number of unbranched alkanes of at least 4 members (excludes halogenated alkanes) is 19. The van der Waals surface area contributed by atoms with E-state index in [1.165, 1.54) is 70.6 Å². The van der Waals surface area contributed by atoms with Gasteiger partial charge in [-0.3, -0.25) is 23.4 Å². The topological polar surface area (TPSA) is 155 Å². The number of ether oxygens (including phenoxy) is 3. The standard InChI is InChI=1S/C52H91O11P/c1-4-7-10-13-16-19-22-24-27-29-32-35-38-41-50(54)59-45-49(63-52(56)43-40-37-34-31-28-25-23-20-17-14-11-8-5-2)47-61-64(57,58)60-46-48(44-53)62-51(55)42-39-36-33-30-26-21-18-15-12-9-6-3/h7,10,15-16,18-19,24,27,32,35,48-49,53H,4-6,8-9,11-14,17,20-23,25-26,28-31,33-34,36-47H2,1-3H3,(H,57,58)/b10-7-,18-15-,19-16-,27-24-,35-32-. The Morgan fingerprint density at radius 2 is 0.859 bits per heavy atom. The molecule has 0 saturated carbocycles. The van der Waals surface area contributed by atoms with E-state index >= 15 is 0 Å². The molecule has 0 aromatic rings. The van der Waals surface area contributed by atoms with Gasteiger partial charge in [-0.15, -0.1) is 0 Å². The predicted octanol–water partition coefficient (Wildman–Crippen LogP) is 14.0. The van der Waals surface area contributed by atoms with Crippen LogP contribution in [0.5, 0.6) is 0 Å². The zero-order chi connectivity index (χ0) is 47.0. The van der Waals surface area contributed by atoms with Gasteiger partial charge in [0.2, 0.25) is 0 Å². The summed E-state index contributed by atoms with van der Waals surface area (Å²) in [5, 5.41) is 9.74. The average Bonchev–Trinajstić information content (AvgIpc) is 3.28. The molecular weight excluding hydrogens is 832 g/mol. The number of allylic oxidation sites excluding steroid dienone is 10. The lowest BCUT2D eigenvalue weighted by atomic mass is 10.0. The molecule has 0 aliphatic rings. The van der Waals surface area contributed by atoms with E-state index in [0.717, 1.165) is 83.5 Å². The smallest absolute Gasteiger partial charge is 0.462 e. The third kappa shape index (κ3) is 44.4. The van der Waals surface area contributed by atoms with E-state index in [4.69, 9.17) is 23.3 Å². The third-order valence-electron chi connectivity index (χ3n) is 10.4. The minimum Gasteiger partial charge on any atom is -0.462 e. The van der Waals surface area contributed by atoms with Crippen molar-refractivity contribution < 1.29 is 52.2 Å². The van der Waals surface area contributed by atoms with Crippen molar-refractivity contribution in [2.24, 2.45) is 0 Å². The Kier molecular flexibility index (Phi) is 44.6. The fourth-order valence-corrected chi connectivity index (χ4v) is 7.37. The molecule has 0 aromatic heterocycles. The summed E-state index contributed by atoms with van der Waals surface area (Å²) in [4.78, 5) is 48.1. The molecule has 0 spiro atoms. The van der Waals surface area contributed by atoms with Gasteiger partial charge in [0, 0.05) is 19.3 Å². The Morgan fingerprint density at radius 3 is 1.36 bits per heavy atom. The second kappa shape index (κ2) is 46.7. The summed E-state index contributed by atoms with van der Waals surface area (Å²) in [6, 6.07) is 0. The van der Waals surface area contributed by atoms with Crippen molar-refractivity contribution in [1.29, 1.82) is 0 Å². The summed E-state index contributed by atoms with van der Waals surface area (Å²) < 4.78 is 39.2.